The van der Waals surface area contributed by atoms with Gasteiger partial charge in [-0.2, -0.15) is 4.98 Å². The molecule has 0 amide bonds. The van der Waals surface area contributed by atoms with E-state index in [2.05, 4.69) is 36.8 Å². The number of nitrogens with two attached hydrogens (primary N) is 2. The van der Waals surface area contributed by atoms with Crippen molar-refractivity contribution < 1.29 is 5.11 Å². The zero-order chi connectivity index (χ0) is 19.7. The molecule has 1 fully saturated rings. The van der Waals surface area contributed by atoms with E-state index in [1.807, 2.05) is 12.1 Å². The molecule has 0 spiro atoms. The number of hydrogen-bond acceptors (Lipinski definition) is 9. The molecule has 3 heterocycles. The third-order valence-electron chi connectivity index (χ3n) is 4.80. The van der Waals surface area contributed by atoms with Gasteiger partial charge >= 0.3 is 0 Å². The van der Waals surface area contributed by atoms with Gasteiger partial charge in [-0.3, -0.25) is 0 Å². The van der Waals surface area contributed by atoms with Crippen LogP contribution in [0.2, 0.25) is 0 Å². The molecule has 0 bridgehead atoms. The highest BCUT2D eigenvalue weighted by Gasteiger charge is 2.18. The second kappa shape index (κ2) is 7.28. The van der Waals surface area contributed by atoms with E-state index in [9.17, 15) is 5.11 Å². The first-order valence-electron chi connectivity index (χ1n) is 9.00. The second-order valence-corrected chi connectivity index (χ2v) is 6.79. The SMILES string of the molecule is CN1CCN(c2cc(-c3ccc(O)c(-c4ccnc(N)n4)c3)nc(N)n2)CC1. The number of piperazine rings is 1. The summed E-state index contributed by atoms with van der Waals surface area (Å²) in [5, 5.41) is 10.3. The Balaban J connectivity index is 1.72. The lowest BCUT2D eigenvalue weighted by Crippen LogP contribution is -2.44. The summed E-state index contributed by atoms with van der Waals surface area (Å²) in [5.74, 6) is 1.26. The number of aromatic nitrogens is 4. The second-order valence-electron chi connectivity index (χ2n) is 6.79. The number of aromatic hydroxyl groups is 1. The van der Waals surface area contributed by atoms with E-state index in [0.717, 1.165) is 37.6 Å². The number of likely N-dealkylation sites (N-methyl/N-ethyl adjacent to an activating group) is 1. The molecule has 3 aromatic rings. The summed E-state index contributed by atoms with van der Waals surface area (Å²) in [6.07, 6.45) is 1.55. The van der Waals surface area contributed by atoms with E-state index in [-0.39, 0.29) is 17.6 Å². The summed E-state index contributed by atoms with van der Waals surface area (Å²) >= 11 is 0. The van der Waals surface area contributed by atoms with Crippen molar-refractivity contribution in [1.82, 2.24) is 24.8 Å². The molecule has 1 aliphatic heterocycles. The van der Waals surface area contributed by atoms with Gasteiger partial charge in [0.25, 0.3) is 0 Å². The van der Waals surface area contributed by atoms with Crippen molar-refractivity contribution in [3.8, 4) is 28.3 Å². The summed E-state index contributed by atoms with van der Waals surface area (Å²) in [6, 6.07) is 8.83. The predicted molar refractivity (Wildman–Crippen MR) is 109 cm³/mol. The number of phenolic OH excluding ortho intramolecular Hbond substituents is 1. The first-order valence-corrected chi connectivity index (χ1v) is 9.00. The van der Waals surface area contributed by atoms with Gasteiger partial charge in [0.15, 0.2) is 0 Å². The van der Waals surface area contributed by atoms with Crippen molar-refractivity contribution in [2.75, 3.05) is 49.6 Å². The summed E-state index contributed by atoms with van der Waals surface area (Å²) in [4.78, 5) is 21.4. The van der Waals surface area contributed by atoms with Crippen LogP contribution >= 0.6 is 0 Å². The van der Waals surface area contributed by atoms with Gasteiger partial charge in [-0.25, -0.2) is 15.0 Å². The van der Waals surface area contributed by atoms with Crippen molar-refractivity contribution in [2.24, 2.45) is 0 Å². The largest absolute Gasteiger partial charge is 0.507 e. The Hall–Kier alpha value is -3.46. The molecule has 2 aromatic heterocycles. The molecule has 0 saturated carbocycles. The van der Waals surface area contributed by atoms with E-state index in [1.165, 1.54) is 0 Å². The van der Waals surface area contributed by atoms with E-state index in [0.29, 0.717) is 17.0 Å². The van der Waals surface area contributed by atoms with Crippen LogP contribution in [0.4, 0.5) is 17.7 Å². The predicted octanol–water partition coefficient (Wildman–Crippen LogP) is 1.22. The highest BCUT2D eigenvalue weighted by Crippen LogP contribution is 2.33. The smallest absolute Gasteiger partial charge is 0.222 e. The lowest BCUT2D eigenvalue weighted by Gasteiger charge is -2.33. The van der Waals surface area contributed by atoms with Crippen molar-refractivity contribution in [3.05, 3.63) is 36.5 Å². The Morgan fingerprint density at radius 3 is 2.39 bits per heavy atom. The molecule has 0 atom stereocenters. The fourth-order valence-corrected chi connectivity index (χ4v) is 3.22. The average Bonchev–Trinajstić information content (AvgIpc) is 2.68. The lowest BCUT2D eigenvalue weighted by molar-refractivity contribution is 0.312. The van der Waals surface area contributed by atoms with Crippen LogP contribution in [0.5, 0.6) is 5.75 Å². The minimum atomic E-state index is 0.100. The topological polar surface area (TPSA) is 130 Å². The van der Waals surface area contributed by atoms with Crippen molar-refractivity contribution in [3.63, 3.8) is 0 Å². The van der Waals surface area contributed by atoms with Crippen molar-refractivity contribution in [1.29, 1.82) is 0 Å². The number of nitrogens with zero attached hydrogens (tertiary/aromatic N) is 6. The van der Waals surface area contributed by atoms with Gasteiger partial charge in [0.2, 0.25) is 11.9 Å². The van der Waals surface area contributed by atoms with Crippen molar-refractivity contribution in [2.45, 2.75) is 0 Å². The Morgan fingerprint density at radius 1 is 0.893 bits per heavy atom. The Labute approximate surface area is 162 Å². The zero-order valence-electron chi connectivity index (χ0n) is 15.6. The maximum Gasteiger partial charge on any atom is 0.222 e. The van der Waals surface area contributed by atoms with Crippen LogP contribution in [0, 0.1) is 0 Å². The van der Waals surface area contributed by atoms with Gasteiger partial charge in [-0.15, -0.1) is 0 Å². The zero-order valence-corrected chi connectivity index (χ0v) is 15.6. The number of anilines is 3. The molecule has 144 valence electrons. The minimum Gasteiger partial charge on any atom is -0.507 e. The Morgan fingerprint density at radius 2 is 1.64 bits per heavy atom. The standard InChI is InChI=1S/C19H22N8O/c1-26-6-8-27(9-7-26)17-11-15(24-19(21)25-17)12-2-3-16(28)13(10-12)14-4-5-22-18(20)23-14/h2-5,10-11,28H,6-9H2,1H3,(H2,20,22,23)(H2,21,24,25). The van der Waals surface area contributed by atoms with Crippen LogP contribution in [0.1, 0.15) is 0 Å². The molecule has 9 heteroatoms. The van der Waals surface area contributed by atoms with E-state index < -0.39 is 0 Å². The van der Waals surface area contributed by atoms with Gasteiger partial charge in [0, 0.05) is 49.6 Å². The Kier molecular flexibility index (Phi) is 4.66. The van der Waals surface area contributed by atoms with E-state index in [4.69, 9.17) is 11.5 Å². The van der Waals surface area contributed by atoms with Crippen LogP contribution in [0.3, 0.4) is 0 Å². The molecule has 1 saturated heterocycles. The normalized spacial score (nSPS) is 15.0. The number of nitrogen functional groups attached to an aromatic ring is 2. The van der Waals surface area contributed by atoms with Crippen molar-refractivity contribution >= 4 is 17.7 Å². The van der Waals surface area contributed by atoms with Gasteiger partial charge in [0.05, 0.1) is 11.4 Å². The van der Waals surface area contributed by atoms with Gasteiger partial charge in [-0.1, -0.05) is 0 Å². The molecule has 1 aliphatic rings. The van der Waals surface area contributed by atoms with Gasteiger partial charge < -0.3 is 26.4 Å². The molecule has 0 aliphatic carbocycles. The summed E-state index contributed by atoms with van der Waals surface area (Å²) < 4.78 is 0. The minimum absolute atomic E-state index is 0.100. The van der Waals surface area contributed by atoms with Crippen LogP contribution in [0.15, 0.2) is 36.5 Å². The number of rotatable bonds is 3. The Bertz CT molecular complexity index is 1000. The quantitative estimate of drug-likeness (QED) is 0.615. The summed E-state index contributed by atoms with van der Waals surface area (Å²) in [7, 11) is 2.11. The van der Waals surface area contributed by atoms with Crippen LogP contribution in [-0.4, -0.2) is 63.2 Å². The molecule has 5 N–H and O–H groups in total. The maximum absolute atomic E-state index is 10.3. The molecule has 0 unspecified atom stereocenters. The molecular weight excluding hydrogens is 356 g/mol. The number of phenols is 1. The molecule has 1 aromatic carbocycles. The molecule has 4 rings (SSSR count). The summed E-state index contributed by atoms with van der Waals surface area (Å²) in [5.41, 5.74) is 14.2. The van der Waals surface area contributed by atoms with Crippen LogP contribution in [-0.2, 0) is 0 Å². The lowest BCUT2D eigenvalue weighted by atomic mass is 10.0. The average molecular weight is 378 g/mol. The number of hydrogen-bond donors (Lipinski definition) is 3. The van der Waals surface area contributed by atoms with Gasteiger partial charge in [0.1, 0.15) is 11.6 Å². The highest BCUT2D eigenvalue weighted by molar-refractivity contribution is 5.75. The third kappa shape index (κ3) is 3.65. The van der Waals surface area contributed by atoms with Crippen LogP contribution < -0.4 is 16.4 Å². The fourth-order valence-electron chi connectivity index (χ4n) is 3.22. The molecule has 0 radical (unpaired) electrons. The maximum atomic E-state index is 10.3. The fraction of sp³-hybridized carbons (Fsp3) is 0.263. The molecular formula is C19H22N8O. The third-order valence-corrected chi connectivity index (χ3v) is 4.80. The van der Waals surface area contributed by atoms with Gasteiger partial charge in [-0.05, 0) is 31.3 Å². The van der Waals surface area contributed by atoms with E-state index >= 15 is 0 Å². The summed E-state index contributed by atoms with van der Waals surface area (Å²) in [6.45, 7) is 3.70. The molecule has 9 nitrogen and oxygen atoms in total. The van der Waals surface area contributed by atoms with Crippen LogP contribution in [0.25, 0.3) is 22.5 Å². The number of benzene rings is 1. The monoisotopic (exact) mass is 378 g/mol. The highest BCUT2D eigenvalue weighted by atomic mass is 16.3. The first-order chi connectivity index (χ1) is 13.5. The first kappa shape index (κ1) is 17.9. The van der Waals surface area contributed by atoms with E-state index in [1.54, 1.807) is 24.4 Å². The molecule has 28 heavy (non-hydrogen) atoms.